The first kappa shape index (κ1) is 20.9. The van der Waals surface area contributed by atoms with Crippen molar-refractivity contribution in [2.75, 3.05) is 19.8 Å². The molecule has 0 aliphatic carbocycles. The quantitative estimate of drug-likeness (QED) is 0.576. The van der Waals surface area contributed by atoms with Crippen LogP contribution in [0.1, 0.15) is 29.5 Å². The lowest BCUT2D eigenvalue weighted by atomic mass is 9.94. The largest absolute Gasteiger partial charge is 0.478 e. The molecule has 0 saturated heterocycles. The monoisotopic (exact) mass is 442 g/mol. The van der Waals surface area contributed by atoms with E-state index >= 15 is 0 Å². The zero-order chi connectivity index (χ0) is 22.6. The van der Waals surface area contributed by atoms with Gasteiger partial charge >= 0.3 is 0 Å². The van der Waals surface area contributed by atoms with Crippen molar-refractivity contribution in [3.05, 3.63) is 59.3 Å². The summed E-state index contributed by atoms with van der Waals surface area (Å²) in [6, 6.07) is 11.7. The first-order chi connectivity index (χ1) is 16.2. The number of nitriles is 1. The number of rotatable bonds is 3. The minimum atomic E-state index is -1.01. The topological polar surface area (TPSA) is 100 Å². The Morgan fingerprint density at radius 1 is 1.27 bits per heavy atom. The average molecular weight is 442 g/mol. The SMILES string of the molecule is N#CCCC#Cc1ccc2c(c1)CCN1C2=CC(OCC2COc3ncccc3O2)=NC1O. The van der Waals surface area contributed by atoms with Gasteiger partial charge < -0.3 is 24.2 Å². The number of aromatic nitrogens is 1. The number of aliphatic hydroxyl groups is 1. The van der Waals surface area contributed by atoms with E-state index in [1.165, 1.54) is 0 Å². The van der Waals surface area contributed by atoms with Gasteiger partial charge in [0.05, 0.1) is 11.8 Å². The predicted octanol–water partition coefficient (Wildman–Crippen LogP) is 2.48. The molecular weight excluding hydrogens is 420 g/mol. The van der Waals surface area contributed by atoms with Gasteiger partial charge in [0.2, 0.25) is 12.2 Å². The van der Waals surface area contributed by atoms with E-state index in [1.807, 2.05) is 23.1 Å². The third-order valence-corrected chi connectivity index (χ3v) is 5.54. The fourth-order valence-corrected chi connectivity index (χ4v) is 3.96. The molecule has 0 spiro atoms. The molecule has 1 N–H and O–H groups in total. The van der Waals surface area contributed by atoms with Crippen molar-refractivity contribution in [3.8, 4) is 29.5 Å². The lowest BCUT2D eigenvalue weighted by Crippen LogP contribution is -2.41. The molecule has 33 heavy (non-hydrogen) atoms. The lowest BCUT2D eigenvalue weighted by Gasteiger charge is -2.37. The van der Waals surface area contributed by atoms with Gasteiger partial charge in [0.25, 0.3) is 5.88 Å². The molecule has 0 bridgehead atoms. The zero-order valence-electron chi connectivity index (χ0n) is 17.9. The Kier molecular flexibility index (Phi) is 5.84. The third kappa shape index (κ3) is 4.48. The van der Waals surface area contributed by atoms with Gasteiger partial charge in [-0.25, -0.2) is 4.98 Å². The zero-order valence-corrected chi connectivity index (χ0v) is 17.9. The van der Waals surface area contributed by atoms with E-state index in [9.17, 15) is 5.11 Å². The Morgan fingerprint density at radius 2 is 2.21 bits per heavy atom. The van der Waals surface area contributed by atoms with Crippen LogP contribution in [0.3, 0.4) is 0 Å². The van der Waals surface area contributed by atoms with Gasteiger partial charge in [0.1, 0.15) is 13.2 Å². The summed E-state index contributed by atoms with van der Waals surface area (Å²) in [6.45, 7) is 1.20. The number of pyridine rings is 1. The summed E-state index contributed by atoms with van der Waals surface area (Å²) >= 11 is 0. The second-order valence-electron chi connectivity index (χ2n) is 7.79. The molecule has 2 atom stereocenters. The van der Waals surface area contributed by atoms with Crippen molar-refractivity contribution in [1.82, 2.24) is 9.88 Å². The van der Waals surface area contributed by atoms with Crippen LogP contribution < -0.4 is 9.47 Å². The molecule has 0 radical (unpaired) electrons. The molecule has 8 heteroatoms. The molecule has 2 aromatic rings. The second kappa shape index (κ2) is 9.23. The van der Waals surface area contributed by atoms with Crippen LogP contribution in [-0.4, -0.2) is 53.1 Å². The highest BCUT2D eigenvalue weighted by atomic mass is 16.6. The molecule has 3 aliphatic rings. The number of hydrogen-bond donors (Lipinski definition) is 1. The van der Waals surface area contributed by atoms with Gasteiger partial charge in [0.15, 0.2) is 11.9 Å². The summed E-state index contributed by atoms with van der Waals surface area (Å²) in [6.07, 6.45) is 3.97. The van der Waals surface area contributed by atoms with E-state index < -0.39 is 6.35 Å². The van der Waals surface area contributed by atoms with Crippen LogP contribution in [0.4, 0.5) is 0 Å². The maximum atomic E-state index is 10.6. The van der Waals surface area contributed by atoms with E-state index in [0.717, 1.165) is 28.8 Å². The van der Waals surface area contributed by atoms with Crippen LogP contribution in [0.15, 0.2) is 47.6 Å². The Hall–Kier alpha value is -4.01. The van der Waals surface area contributed by atoms with E-state index in [-0.39, 0.29) is 12.7 Å². The first-order valence-corrected chi connectivity index (χ1v) is 10.8. The van der Waals surface area contributed by atoms with Crippen LogP contribution in [0.2, 0.25) is 0 Å². The molecule has 0 saturated carbocycles. The van der Waals surface area contributed by atoms with Gasteiger partial charge in [-0.15, -0.1) is 0 Å². The van der Waals surface area contributed by atoms with Crippen molar-refractivity contribution >= 4 is 11.6 Å². The van der Waals surface area contributed by atoms with Crippen molar-refractivity contribution in [1.29, 1.82) is 5.26 Å². The van der Waals surface area contributed by atoms with Crippen LogP contribution in [0.5, 0.6) is 11.6 Å². The van der Waals surface area contributed by atoms with Crippen LogP contribution in [-0.2, 0) is 11.2 Å². The highest BCUT2D eigenvalue weighted by molar-refractivity contribution is 5.97. The normalized spacial score (nSPS) is 20.2. The van der Waals surface area contributed by atoms with Crippen LogP contribution >= 0.6 is 0 Å². The van der Waals surface area contributed by atoms with Crippen LogP contribution in [0.25, 0.3) is 5.70 Å². The molecule has 0 fully saturated rings. The lowest BCUT2D eigenvalue weighted by molar-refractivity contribution is 0.0348. The Bertz CT molecular complexity index is 1220. The number of aliphatic imine (C=N–C) groups is 1. The predicted molar refractivity (Wildman–Crippen MR) is 120 cm³/mol. The molecule has 0 amide bonds. The van der Waals surface area contributed by atoms with Gasteiger partial charge in [-0.2, -0.15) is 10.3 Å². The van der Waals surface area contributed by atoms with E-state index in [2.05, 4.69) is 34.0 Å². The number of fused-ring (bicyclic) bond motifs is 4. The van der Waals surface area contributed by atoms with Crippen molar-refractivity contribution in [3.63, 3.8) is 0 Å². The fourth-order valence-electron chi connectivity index (χ4n) is 3.96. The minimum absolute atomic E-state index is 0.230. The molecule has 2 unspecified atom stereocenters. The molecule has 166 valence electrons. The summed E-state index contributed by atoms with van der Waals surface area (Å²) in [5.41, 5.74) is 3.97. The van der Waals surface area contributed by atoms with E-state index in [4.69, 9.17) is 19.5 Å². The summed E-state index contributed by atoms with van der Waals surface area (Å²) in [7, 11) is 0. The molecule has 5 rings (SSSR count). The molecule has 8 nitrogen and oxygen atoms in total. The average Bonchev–Trinajstić information content (AvgIpc) is 2.85. The molecule has 1 aromatic heterocycles. The summed E-state index contributed by atoms with van der Waals surface area (Å²) in [5.74, 6) is 7.56. The van der Waals surface area contributed by atoms with Crippen molar-refractivity contribution in [2.24, 2.45) is 4.99 Å². The van der Waals surface area contributed by atoms with E-state index in [1.54, 1.807) is 18.3 Å². The number of nitrogens with zero attached hydrogens (tertiary/aromatic N) is 4. The van der Waals surface area contributed by atoms with E-state index in [0.29, 0.717) is 43.5 Å². The standard InChI is InChI=1S/C25H22N4O4/c26-10-3-1-2-5-17-7-8-20-18(13-17)9-12-29-21(20)14-23(28-25(29)30)31-15-19-16-32-24-22(33-19)6-4-11-27-24/h4,6-8,11,13-14,19,25,30H,1,3,9,12,15-16H2. The number of aliphatic hydroxyl groups excluding tert-OH is 1. The summed E-state index contributed by atoms with van der Waals surface area (Å²) in [4.78, 5) is 10.3. The highest BCUT2D eigenvalue weighted by Crippen LogP contribution is 2.33. The Morgan fingerprint density at radius 3 is 3.12 bits per heavy atom. The smallest absolute Gasteiger partial charge is 0.257 e. The van der Waals surface area contributed by atoms with Crippen molar-refractivity contribution in [2.45, 2.75) is 31.7 Å². The fraction of sp³-hybridized carbons (Fsp3) is 0.320. The van der Waals surface area contributed by atoms with Gasteiger partial charge in [0, 0.05) is 42.8 Å². The second-order valence-corrected chi connectivity index (χ2v) is 7.79. The maximum absolute atomic E-state index is 10.6. The van der Waals surface area contributed by atoms with Gasteiger partial charge in [-0.1, -0.05) is 17.9 Å². The van der Waals surface area contributed by atoms with Crippen LogP contribution in [0, 0.1) is 23.2 Å². The van der Waals surface area contributed by atoms with Gasteiger partial charge in [-0.05, 0) is 36.2 Å². The number of ether oxygens (including phenoxy) is 3. The number of hydrogen-bond acceptors (Lipinski definition) is 8. The summed E-state index contributed by atoms with van der Waals surface area (Å²) in [5, 5.41) is 19.2. The maximum Gasteiger partial charge on any atom is 0.257 e. The highest BCUT2D eigenvalue weighted by Gasteiger charge is 2.30. The Balaban J connectivity index is 1.29. The van der Waals surface area contributed by atoms with Gasteiger partial charge in [-0.3, -0.25) is 0 Å². The third-order valence-electron chi connectivity index (χ3n) is 5.54. The number of unbranched alkanes of at least 4 members (excludes halogenated alkanes) is 1. The molecular formula is C25H22N4O4. The van der Waals surface area contributed by atoms with Crippen molar-refractivity contribution < 1.29 is 19.3 Å². The Labute approximate surface area is 191 Å². The summed E-state index contributed by atoms with van der Waals surface area (Å²) < 4.78 is 17.4. The molecule has 1 aromatic carbocycles. The molecule has 3 aliphatic heterocycles. The first-order valence-electron chi connectivity index (χ1n) is 10.8. The molecule has 4 heterocycles. The minimum Gasteiger partial charge on any atom is -0.478 e. The number of benzene rings is 1.